The molecule has 0 spiro atoms. The van der Waals surface area contributed by atoms with Crippen LogP contribution in [0, 0.1) is 0 Å². The fourth-order valence-electron chi connectivity index (χ4n) is 4.04. The quantitative estimate of drug-likeness (QED) is 0.537. The van der Waals surface area contributed by atoms with Gasteiger partial charge in [0.1, 0.15) is 17.3 Å². The van der Waals surface area contributed by atoms with E-state index in [4.69, 9.17) is 21.1 Å². The van der Waals surface area contributed by atoms with Gasteiger partial charge in [-0.1, -0.05) is 30.3 Å². The monoisotopic (exact) mass is 439 g/mol. The van der Waals surface area contributed by atoms with Crippen LogP contribution in [0.5, 0.6) is 11.5 Å². The van der Waals surface area contributed by atoms with E-state index < -0.39 is 6.10 Å². The average Bonchev–Trinajstić information content (AvgIpc) is 2.79. The third kappa shape index (κ3) is 4.75. The normalized spacial score (nSPS) is 15.3. The Balaban J connectivity index is 1.78. The van der Waals surface area contributed by atoms with Crippen molar-refractivity contribution < 1.29 is 14.6 Å². The third-order valence-corrected chi connectivity index (χ3v) is 5.75. The molecule has 0 bridgehead atoms. The molecule has 1 aliphatic rings. The number of anilines is 1. The number of ether oxygens (including phenoxy) is 2. The van der Waals surface area contributed by atoms with Gasteiger partial charge in [-0.25, -0.2) is 9.97 Å². The largest absolute Gasteiger partial charge is 0.497 e. The summed E-state index contributed by atoms with van der Waals surface area (Å²) in [4.78, 5) is 11.1. The molecule has 0 saturated carbocycles. The molecule has 31 heavy (non-hydrogen) atoms. The Morgan fingerprint density at radius 3 is 2.61 bits per heavy atom. The van der Waals surface area contributed by atoms with Gasteiger partial charge in [-0.3, -0.25) is 0 Å². The van der Waals surface area contributed by atoms with E-state index >= 15 is 0 Å². The highest BCUT2D eigenvalue weighted by molar-refractivity contribution is 6.28. The Hall–Kier alpha value is -2.83. The van der Waals surface area contributed by atoms with Gasteiger partial charge in [0.05, 0.1) is 26.0 Å². The van der Waals surface area contributed by atoms with Gasteiger partial charge in [-0.05, 0) is 48.6 Å². The standard InChI is InChI=1S/C24H26ClN3O3/c1-30-18-12-11-17(21(13-18)31-2)15-28(14-16-7-4-3-5-8-16)23-19-9-6-10-20(29)22(19)26-24(25)27-23/h3-5,7-8,11-13,20,29H,6,9-10,14-15H2,1-2H3. The number of benzene rings is 2. The molecule has 1 N–H and O–H groups in total. The topological polar surface area (TPSA) is 67.7 Å². The Morgan fingerprint density at radius 2 is 1.87 bits per heavy atom. The molecular formula is C24H26ClN3O3. The number of aliphatic hydroxyl groups excluding tert-OH is 1. The Morgan fingerprint density at radius 1 is 1.06 bits per heavy atom. The molecule has 1 unspecified atom stereocenters. The van der Waals surface area contributed by atoms with Gasteiger partial charge in [-0.15, -0.1) is 0 Å². The zero-order valence-corrected chi connectivity index (χ0v) is 18.5. The SMILES string of the molecule is COc1ccc(CN(Cc2ccccc2)c2nc(Cl)nc3c2CCCC3O)c(OC)c1. The van der Waals surface area contributed by atoms with Crippen molar-refractivity contribution in [3.63, 3.8) is 0 Å². The van der Waals surface area contributed by atoms with Crippen LogP contribution in [0.15, 0.2) is 48.5 Å². The van der Waals surface area contributed by atoms with Crippen molar-refractivity contribution in [1.82, 2.24) is 9.97 Å². The molecule has 4 rings (SSSR count). The van der Waals surface area contributed by atoms with Crippen molar-refractivity contribution >= 4 is 17.4 Å². The summed E-state index contributed by atoms with van der Waals surface area (Å²) in [7, 11) is 3.29. The number of halogens is 1. The number of hydrogen-bond donors (Lipinski definition) is 1. The van der Waals surface area contributed by atoms with E-state index in [9.17, 15) is 5.11 Å². The van der Waals surface area contributed by atoms with Gasteiger partial charge < -0.3 is 19.5 Å². The van der Waals surface area contributed by atoms with Crippen LogP contribution in [0.4, 0.5) is 5.82 Å². The van der Waals surface area contributed by atoms with E-state index in [1.807, 2.05) is 36.4 Å². The highest BCUT2D eigenvalue weighted by Crippen LogP contribution is 2.36. The van der Waals surface area contributed by atoms with Gasteiger partial charge in [0.25, 0.3) is 0 Å². The minimum Gasteiger partial charge on any atom is -0.497 e. The molecular weight excluding hydrogens is 414 g/mol. The average molecular weight is 440 g/mol. The summed E-state index contributed by atoms with van der Waals surface area (Å²) in [6.07, 6.45) is 1.77. The van der Waals surface area contributed by atoms with Crippen molar-refractivity contribution in [2.24, 2.45) is 0 Å². The maximum Gasteiger partial charge on any atom is 0.224 e. The summed E-state index contributed by atoms with van der Waals surface area (Å²) in [6, 6.07) is 16.0. The molecule has 2 aromatic carbocycles. The number of hydrogen-bond acceptors (Lipinski definition) is 6. The lowest BCUT2D eigenvalue weighted by Crippen LogP contribution is -2.27. The number of fused-ring (bicyclic) bond motifs is 1. The highest BCUT2D eigenvalue weighted by atomic mass is 35.5. The molecule has 0 fully saturated rings. The molecule has 1 atom stereocenters. The Kier molecular flexibility index (Phi) is 6.59. The molecule has 0 radical (unpaired) electrons. The maximum atomic E-state index is 10.5. The van der Waals surface area contributed by atoms with Crippen molar-refractivity contribution in [1.29, 1.82) is 0 Å². The fraction of sp³-hybridized carbons (Fsp3) is 0.333. The van der Waals surface area contributed by atoms with Crippen molar-refractivity contribution in [2.45, 2.75) is 38.5 Å². The number of nitrogens with zero attached hydrogens (tertiary/aromatic N) is 3. The van der Waals surface area contributed by atoms with E-state index in [-0.39, 0.29) is 5.28 Å². The van der Waals surface area contributed by atoms with Crippen LogP contribution >= 0.6 is 11.6 Å². The molecule has 3 aromatic rings. The second kappa shape index (κ2) is 9.54. The summed E-state index contributed by atoms with van der Waals surface area (Å²) in [6.45, 7) is 1.18. The lowest BCUT2D eigenvalue weighted by molar-refractivity contribution is 0.151. The van der Waals surface area contributed by atoms with Gasteiger partial charge in [0, 0.05) is 30.3 Å². The lowest BCUT2D eigenvalue weighted by Gasteiger charge is -2.30. The number of aliphatic hydroxyl groups is 1. The van der Waals surface area contributed by atoms with Gasteiger partial charge in [-0.2, -0.15) is 0 Å². The zero-order valence-electron chi connectivity index (χ0n) is 17.7. The second-order valence-corrected chi connectivity index (χ2v) is 7.95. The molecule has 7 heteroatoms. The first-order valence-corrected chi connectivity index (χ1v) is 10.7. The Labute approximate surface area is 187 Å². The molecule has 162 valence electrons. The second-order valence-electron chi connectivity index (χ2n) is 7.61. The van der Waals surface area contributed by atoms with Crippen LogP contribution in [0.1, 0.15) is 41.3 Å². The molecule has 1 aromatic heterocycles. The van der Waals surface area contributed by atoms with E-state index in [0.29, 0.717) is 25.2 Å². The predicted octanol–water partition coefficient (Wildman–Crippen LogP) is 4.72. The first kappa shape index (κ1) is 21.4. The van der Waals surface area contributed by atoms with Gasteiger partial charge in [0.15, 0.2) is 0 Å². The lowest BCUT2D eigenvalue weighted by atomic mass is 9.93. The van der Waals surface area contributed by atoms with E-state index in [1.165, 1.54) is 0 Å². The van der Waals surface area contributed by atoms with Crippen LogP contribution < -0.4 is 14.4 Å². The van der Waals surface area contributed by atoms with Crippen LogP contribution in [-0.4, -0.2) is 29.3 Å². The van der Waals surface area contributed by atoms with Crippen LogP contribution in [0.3, 0.4) is 0 Å². The molecule has 1 heterocycles. The molecule has 0 saturated heterocycles. The smallest absolute Gasteiger partial charge is 0.224 e. The van der Waals surface area contributed by atoms with E-state index in [1.54, 1.807) is 14.2 Å². The molecule has 0 amide bonds. The van der Waals surface area contributed by atoms with Crippen molar-refractivity contribution in [2.75, 3.05) is 19.1 Å². The molecule has 0 aliphatic heterocycles. The highest BCUT2D eigenvalue weighted by Gasteiger charge is 2.27. The number of methoxy groups -OCH3 is 2. The van der Waals surface area contributed by atoms with Crippen molar-refractivity contribution in [3.05, 3.63) is 76.2 Å². The van der Waals surface area contributed by atoms with E-state index in [2.05, 4.69) is 27.0 Å². The van der Waals surface area contributed by atoms with Gasteiger partial charge >= 0.3 is 0 Å². The number of rotatable bonds is 7. The third-order valence-electron chi connectivity index (χ3n) is 5.58. The zero-order chi connectivity index (χ0) is 21.8. The summed E-state index contributed by atoms with van der Waals surface area (Å²) in [5, 5.41) is 10.7. The van der Waals surface area contributed by atoms with E-state index in [0.717, 1.165) is 46.8 Å². The predicted molar refractivity (Wildman–Crippen MR) is 121 cm³/mol. The Bertz CT molecular complexity index is 1050. The first-order valence-electron chi connectivity index (χ1n) is 10.3. The summed E-state index contributed by atoms with van der Waals surface area (Å²) in [5.41, 5.74) is 3.75. The summed E-state index contributed by atoms with van der Waals surface area (Å²) < 4.78 is 11.0. The molecule has 6 nitrogen and oxygen atoms in total. The minimum absolute atomic E-state index is 0.148. The molecule has 1 aliphatic carbocycles. The van der Waals surface area contributed by atoms with Crippen LogP contribution in [0.2, 0.25) is 5.28 Å². The number of aromatic nitrogens is 2. The fourth-order valence-corrected chi connectivity index (χ4v) is 4.22. The summed E-state index contributed by atoms with van der Waals surface area (Å²) >= 11 is 6.29. The first-order chi connectivity index (χ1) is 15.1. The van der Waals surface area contributed by atoms with Crippen molar-refractivity contribution in [3.8, 4) is 11.5 Å². The summed E-state index contributed by atoms with van der Waals surface area (Å²) in [5.74, 6) is 2.24. The minimum atomic E-state index is -0.614. The van der Waals surface area contributed by atoms with Crippen LogP contribution in [-0.2, 0) is 19.5 Å². The van der Waals surface area contributed by atoms with Crippen LogP contribution in [0.25, 0.3) is 0 Å². The maximum absolute atomic E-state index is 10.5. The van der Waals surface area contributed by atoms with Gasteiger partial charge in [0.2, 0.25) is 5.28 Å².